The van der Waals surface area contributed by atoms with Gasteiger partial charge in [-0.1, -0.05) is 36.4 Å². The average Bonchev–Trinajstić information content (AvgIpc) is 2.92. The van der Waals surface area contributed by atoms with Crippen molar-refractivity contribution in [3.63, 3.8) is 0 Å². The van der Waals surface area contributed by atoms with Gasteiger partial charge in [-0.15, -0.1) is 11.3 Å². The van der Waals surface area contributed by atoms with Crippen LogP contribution in [0.2, 0.25) is 0 Å². The van der Waals surface area contributed by atoms with Crippen LogP contribution in [0.15, 0.2) is 47.8 Å². The zero-order valence-corrected chi connectivity index (χ0v) is 12.9. The Morgan fingerprint density at radius 1 is 1.20 bits per heavy atom. The van der Waals surface area contributed by atoms with E-state index in [0.29, 0.717) is 19.0 Å². The van der Waals surface area contributed by atoms with E-state index in [1.54, 1.807) is 11.3 Å². The Morgan fingerprint density at radius 3 is 2.60 bits per heavy atom. The third-order valence-electron chi connectivity index (χ3n) is 3.50. The van der Waals surface area contributed by atoms with Gasteiger partial charge in [-0.05, 0) is 37.4 Å². The van der Waals surface area contributed by atoms with Gasteiger partial charge in [-0.3, -0.25) is 9.69 Å². The lowest BCUT2D eigenvalue weighted by atomic mass is 10.1. The summed E-state index contributed by atoms with van der Waals surface area (Å²) in [7, 11) is 2.03. The first kappa shape index (κ1) is 14.9. The summed E-state index contributed by atoms with van der Waals surface area (Å²) in [5, 5.41) is 2.10. The topological polar surface area (TPSA) is 20.3 Å². The standard InChI is InChI=1S/C17H21NOS/c1-14(11-17-9-6-10-20-17)18(2)13-16(19)12-15-7-4-3-5-8-15/h3-10,14H,11-13H2,1-2H3. The summed E-state index contributed by atoms with van der Waals surface area (Å²) in [4.78, 5) is 15.6. The van der Waals surface area contributed by atoms with Crippen LogP contribution < -0.4 is 0 Å². The molecule has 3 heteroatoms. The Balaban J connectivity index is 1.81. The second-order valence-corrected chi connectivity index (χ2v) is 6.28. The summed E-state index contributed by atoms with van der Waals surface area (Å²) in [6.07, 6.45) is 1.53. The predicted molar refractivity (Wildman–Crippen MR) is 85.3 cm³/mol. The maximum atomic E-state index is 12.1. The molecule has 2 aromatic rings. The Labute approximate surface area is 125 Å². The molecule has 2 nitrogen and oxygen atoms in total. The second-order valence-electron chi connectivity index (χ2n) is 5.25. The molecule has 1 aromatic carbocycles. The SMILES string of the molecule is CC(Cc1cccs1)N(C)CC(=O)Cc1ccccc1. The highest BCUT2D eigenvalue weighted by Crippen LogP contribution is 2.13. The third-order valence-corrected chi connectivity index (χ3v) is 4.40. The van der Waals surface area contributed by atoms with Crippen LogP contribution >= 0.6 is 11.3 Å². The molecule has 0 amide bonds. The minimum absolute atomic E-state index is 0.275. The summed E-state index contributed by atoms with van der Waals surface area (Å²) in [6.45, 7) is 2.69. The molecule has 0 bridgehead atoms. The van der Waals surface area contributed by atoms with E-state index >= 15 is 0 Å². The highest BCUT2D eigenvalue weighted by Gasteiger charge is 2.14. The number of likely N-dealkylation sites (N-methyl/N-ethyl adjacent to an activating group) is 1. The Kier molecular flexibility index (Phi) is 5.50. The molecule has 1 aromatic heterocycles. The van der Waals surface area contributed by atoms with E-state index in [-0.39, 0.29) is 5.78 Å². The lowest BCUT2D eigenvalue weighted by Crippen LogP contribution is -2.35. The highest BCUT2D eigenvalue weighted by atomic mass is 32.1. The van der Waals surface area contributed by atoms with Gasteiger partial charge in [0, 0.05) is 17.3 Å². The monoisotopic (exact) mass is 287 g/mol. The number of nitrogens with zero attached hydrogens (tertiary/aromatic N) is 1. The molecule has 1 unspecified atom stereocenters. The maximum absolute atomic E-state index is 12.1. The molecule has 1 atom stereocenters. The number of carbonyl (C=O) groups is 1. The van der Waals surface area contributed by atoms with Gasteiger partial charge in [0.2, 0.25) is 0 Å². The van der Waals surface area contributed by atoms with Crippen LogP contribution in [0.5, 0.6) is 0 Å². The van der Waals surface area contributed by atoms with Gasteiger partial charge in [0.1, 0.15) is 0 Å². The van der Waals surface area contributed by atoms with Gasteiger partial charge < -0.3 is 0 Å². The van der Waals surface area contributed by atoms with Gasteiger partial charge in [-0.2, -0.15) is 0 Å². The van der Waals surface area contributed by atoms with Crippen LogP contribution in [0.4, 0.5) is 0 Å². The first-order valence-corrected chi connectivity index (χ1v) is 7.81. The zero-order chi connectivity index (χ0) is 14.4. The Hall–Kier alpha value is -1.45. The first-order valence-electron chi connectivity index (χ1n) is 6.93. The van der Waals surface area contributed by atoms with Crippen molar-refractivity contribution in [2.24, 2.45) is 0 Å². The summed E-state index contributed by atoms with van der Waals surface area (Å²) < 4.78 is 0. The molecular formula is C17H21NOS. The van der Waals surface area contributed by atoms with Crippen molar-refractivity contribution in [2.45, 2.75) is 25.8 Å². The average molecular weight is 287 g/mol. The second kappa shape index (κ2) is 7.36. The van der Waals surface area contributed by atoms with Gasteiger partial charge in [-0.25, -0.2) is 0 Å². The van der Waals surface area contributed by atoms with Crippen molar-refractivity contribution in [1.82, 2.24) is 4.90 Å². The van der Waals surface area contributed by atoms with Crippen molar-refractivity contribution >= 4 is 17.1 Å². The van der Waals surface area contributed by atoms with Gasteiger partial charge >= 0.3 is 0 Å². The number of carbonyl (C=O) groups excluding carboxylic acids is 1. The smallest absolute Gasteiger partial charge is 0.151 e. The number of Topliss-reactive ketones (excluding diaryl/α,β-unsaturated/α-hetero) is 1. The van der Waals surface area contributed by atoms with E-state index in [2.05, 4.69) is 29.3 Å². The minimum atomic E-state index is 0.275. The molecule has 0 radical (unpaired) electrons. The van der Waals surface area contributed by atoms with Crippen LogP contribution in [0.1, 0.15) is 17.4 Å². The van der Waals surface area contributed by atoms with Crippen LogP contribution in [0, 0.1) is 0 Å². The van der Waals surface area contributed by atoms with Crippen molar-refractivity contribution in [3.05, 3.63) is 58.3 Å². The molecule has 0 aliphatic carbocycles. The number of hydrogen-bond donors (Lipinski definition) is 0. The van der Waals surface area contributed by atoms with E-state index in [1.807, 2.05) is 37.4 Å². The molecule has 0 fully saturated rings. The van der Waals surface area contributed by atoms with Crippen LogP contribution in [0.25, 0.3) is 0 Å². The first-order chi connectivity index (χ1) is 9.65. The van der Waals surface area contributed by atoms with E-state index < -0.39 is 0 Å². The lowest BCUT2D eigenvalue weighted by Gasteiger charge is -2.23. The van der Waals surface area contributed by atoms with Crippen LogP contribution in [-0.2, 0) is 17.6 Å². The summed E-state index contributed by atoms with van der Waals surface area (Å²) in [6, 6.07) is 14.6. The van der Waals surface area contributed by atoms with Crippen molar-refractivity contribution in [1.29, 1.82) is 0 Å². The third kappa shape index (κ3) is 4.58. The molecule has 1 heterocycles. The fourth-order valence-corrected chi connectivity index (χ4v) is 3.02. The van der Waals surface area contributed by atoms with Crippen molar-refractivity contribution < 1.29 is 4.79 Å². The van der Waals surface area contributed by atoms with E-state index in [4.69, 9.17) is 0 Å². The number of hydrogen-bond acceptors (Lipinski definition) is 3. The Morgan fingerprint density at radius 2 is 1.95 bits per heavy atom. The van der Waals surface area contributed by atoms with Crippen LogP contribution in [-0.4, -0.2) is 30.3 Å². The highest BCUT2D eigenvalue weighted by molar-refractivity contribution is 7.09. The molecule has 0 N–H and O–H groups in total. The molecule has 0 aliphatic rings. The molecule has 0 saturated carbocycles. The normalized spacial score (nSPS) is 12.6. The molecule has 0 spiro atoms. The number of ketones is 1. The zero-order valence-electron chi connectivity index (χ0n) is 12.1. The lowest BCUT2D eigenvalue weighted by molar-refractivity contribution is -0.119. The van der Waals surface area contributed by atoms with E-state index in [9.17, 15) is 4.79 Å². The number of benzene rings is 1. The molecule has 0 saturated heterocycles. The van der Waals surface area contributed by atoms with Gasteiger partial charge in [0.15, 0.2) is 5.78 Å². The van der Waals surface area contributed by atoms with Crippen molar-refractivity contribution in [2.75, 3.05) is 13.6 Å². The quantitative estimate of drug-likeness (QED) is 0.777. The molecule has 2 rings (SSSR count). The molecular weight excluding hydrogens is 266 g/mol. The number of thiophene rings is 1. The van der Waals surface area contributed by atoms with E-state index in [1.165, 1.54) is 4.88 Å². The van der Waals surface area contributed by atoms with Gasteiger partial charge in [0.05, 0.1) is 6.54 Å². The Bertz CT molecular complexity index is 521. The summed E-state index contributed by atoms with van der Waals surface area (Å²) in [5.74, 6) is 0.275. The molecule has 0 aliphatic heterocycles. The van der Waals surface area contributed by atoms with Gasteiger partial charge in [0.25, 0.3) is 0 Å². The van der Waals surface area contributed by atoms with Crippen molar-refractivity contribution in [3.8, 4) is 0 Å². The number of rotatable bonds is 7. The maximum Gasteiger partial charge on any atom is 0.151 e. The summed E-state index contributed by atoms with van der Waals surface area (Å²) >= 11 is 1.78. The predicted octanol–water partition coefficient (Wildman–Crippen LogP) is 3.42. The largest absolute Gasteiger partial charge is 0.298 e. The fourth-order valence-electron chi connectivity index (χ4n) is 2.19. The minimum Gasteiger partial charge on any atom is -0.298 e. The van der Waals surface area contributed by atoms with Crippen LogP contribution in [0.3, 0.4) is 0 Å². The summed E-state index contributed by atoms with van der Waals surface area (Å²) in [5.41, 5.74) is 1.09. The molecule has 106 valence electrons. The van der Waals surface area contributed by atoms with E-state index in [0.717, 1.165) is 12.0 Å². The fraction of sp³-hybridized carbons (Fsp3) is 0.353. The molecule has 20 heavy (non-hydrogen) atoms.